The predicted molar refractivity (Wildman–Crippen MR) is 105 cm³/mol. The molecule has 0 unspecified atom stereocenters. The fourth-order valence-corrected chi connectivity index (χ4v) is 2.72. The number of nitrogens with zero attached hydrogens (tertiary/aromatic N) is 2. The number of amides is 1. The van der Waals surface area contributed by atoms with Crippen LogP contribution in [-0.2, 0) is 4.74 Å². The fraction of sp³-hybridized carbons (Fsp3) is 0.286. The lowest BCUT2D eigenvalue weighted by atomic mass is 10.1. The number of anilines is 1. The maximum absolute atomic E-state index is 12.7. The van der Waals surface area contributed by atoms with Crippen LogP contribution in [0.2, 0.25) is 0 Å². The minimum Gasteiger partial charge on any atom is -0.494 e. The third-order valence-electron chi connectivity index (χ3n) is 4.09. The zero-order valence-corrected chi connectivity index (χ0v) is 15.6. The number of benzene rings is 1. The Labute approximate surface area is 158 Å². The van der Waals surface area contributed by atoms with Crippen molar-refractivity contribution in [3.8, 4) is 5.75 Å². The lowest BCUT2D eigenvalue weighted by Crippen LogP contribution is -2.15. The summed E-state index contributed by atoms with van der Waals surface area (Å²) >= 11 is 0. The molecule has 27 heavy (non-hydrogen) atoms. The summed E-state index contributed by atoms with van der Waals surface area (Å²) in [5.74, 6) is 0.466. The van der Waals surface area contributed by atoms with Gasteiger partial charge in [-0.1, -0.05) is 6.07 Å². The average molecular weight is 365 g/mol. The topological polar surface area (TPSA) is 73.3 Å². The molecule has 0 spiro atoms. The van der Waals surface area contributed by atoms with E-state index in [0.717, 1.165) is 36.3 Å². The van der Waals surface area contributed by atoms with Crippen molar-refractivity contribution in [1.29, 1.82) is 0 Å². The van der Waals surface area contributed by atoms with E-state index in [9.17, 15) is 4.79 Å². The lowest BCUT2D eigenvalue weighted by Gasteiger charge is -2.10. The van der Waals surface area contributed by atoms with Crippen LogP contribution in [0.1, 0.15) is 28.9 Å². The minimum absolute atomic E-state index is 0.254. The van der Waals surface area contributed by atoms with Gasteiger partial charge in [0, 0.05) is 31.7 Å². The molecule has 140 valence electrons. The molecule has 0 atom stereocenters. The summed E-state index contributed by atoms with van der Waals surface area (Å²) in [5.41, 5.74) is 3.31. The first kappa shape index (κ1) is 18.8. The van der Waals surface area contributed by atoms with E-state index in [4.69, 9.17) is 9.47 Å². The smallest absolute Gasteiger partial charge is 0.274 e. The molecule has 6 heteroatoms. The molecule has 3 aromatic rings. The average Bonchev–Trinajstić information content (AvgIpc) is 2.67. The van der Waals surface area contributed by atoms with Gasteiger partial charge < -0.3 is 14.8 Å². The Bertz CT molecular complexity index is 927. The number of ether oxygens (including phenoxy) is 2. The van der Waals surface area contributed by atoms with Crippen LogP contribution >= 0.6 is 0 Å². The number of rotatable bonds is 8. The van der Waals surface area contributed by atoms with Crippen molar-refractivity contribution in [2.45, 2.75) is 19.8 Å². The molecule has 6 nitrogen and oxygen atoms in total. The quantitative estimate of drug-likeness (QED) is 0.611. The zero-order valence-electron chi connectivity index (χ0n) is 15.6. The largest absolute Gasteiger partial charge is 0.494 e. The summed E-state index contributed by atoms with van der Waals surface area (Å²) in [7, 11) is 1.69. The number of hydrogen-bond acceptors (Lipinski definition) is 5. The number of carbonyl (C=O) groups excluding carboxylic acids is 1. The SMILES string of the molecule is COCCCCOc1cccc(NC(=O)c2nc3cccnc3cc2C)c1. The molecule has 0 aliphatic carbocycles. The molecule has 2 heterocycles. The summed E-state index contributed by atoms with van der Waals surface area (Å²) in [6, 6.07) is 12.9. The lowest BCUT2D eigenvalue weighted by molar-refractivity contribution is 0.102. The highest BCUT2D eigenvalue weighted by atomic mass is 16.5. The Morgan fingerprint density at radius 3 is 2.78 bits per heavy atom. The maximum Gasteiger partial charge on any atom is 0.274 e. The Balaban J connectivity index is 1.67. The van der Waals surface area contributed by atoms with Crippen LogP contribution in [-0.4, -0.2) is 36.2 Å². The van der Waals surface area contributed by atoms with Crippen LogP contribution in [0.25, 0.3) is 11.0 Å². The second-order valence-corrected chi connectivity index (χ2v) is 6.23. The van der Waals surface area contributed by atoms with Crippen LogP contribution < -0.4 is 10.1 Å². The Morgan fingerprint density at radius 2 is 1.93 bits per heavy atom. The van der Waals surface area contributed by atoms with Crippen LogP contribution in [0, 0.1) is 6.92 Å². The van der Waals surface area contributed by atoms with Crippen molar-refractivity contribution in [2.75, 3.05) is 25.6 Å². The van der Waals surface area contributed by atoms with Gasteiger partial charge in [-0.25, -0.2) is 4.98 Å². The highest BCUT2D eigenvalue weighted by molar-refractivity contribution is 6.05. The van der Waals surface area contributed by atoms with Gasteiger partial charge >= 0.3 is 0 Å². The molecule has 1 amide bonds. The first-order chi connectivity index (χ1) is 13.2. The molecule has 2 aromatic heterocycles. The Morgan fingerprint density at radius 1 is 1.07 bits per heavy atom. The number of unbranched alkanes of at least 4 members (excludes halogenated alkanes) is 1. The van der Waals surface area contributed by atoms with Gasteiger partial charge in [-0.3, -0.25) is 9.78 Å². The van der Waals surface area contributed by atoms with Crippen LogP contribution in [0.3, 0.4) is 0 Å². The minimum atomic E-state index is -0.254. The number of pyridine rings is 2. The van der Waals surface area contributed by atoms with E-state index in [1.807, 2.05) is 43.3 Å². The highest BCUT2D eigenvalue weighted by Crippen LogP contribution is 2.20. The third-order valence-corrected chi connectivity index (χ3v) is 4.09. The summed E-state index contributed by atoms with van der Waals surface area (Å²) in [6.45, 7) is 3.20. The van der Waals surface area contributed by atoms with Crippen molar-refractivity contribution < 1.29 is 14.3 Å². The fourth-order valence-electron chi connectivity index (χ4n) is 2.72. The van der Waals surface area contributed by atoms with E-state index >= 15 is 0 Å². The van der Waals surface area contributed by atoms with Gasteiger partial charge in [0.15, 0.2) is 0 Å². The van der Waals surface area contributed by atoms with E-state index in [2.05, 4.69) is 15.3 Å². The molecular weight excluding hydrogens is 342 g/mol. The normalized spacial score (nSPS) is 10.7. The van der Waals surface area contributed by atoms with Gasteiger partial charge in [0.1, 0.15) is 11.4 Å². The summed E-state index contributed by atoms with van der Waals surface area (Å²) < 4.78 is 10.8. The van der Waals surface area contributed by atoms with E-state index < -0.39 is 0 Å². The van der Waals surface area contributed by atoms with Gasteiger partial charge in [0.25, 0.3) is 5.91 Å². The maximum atomic E-state index is 12.7. The monoisotopic (exact) mass is 365 g/mol. The molecule has 0 aliphatic heterocycles. The van der Waals surface area contributed by atoms with Gasteiger partial charge in [-0.15, -0.1) is 0 Å². The number of methoxy groups -OCH3 is 1. The Hall–Kier alpha value is -2.99. The van der Waals surface area contributed by atoms with Crippen LogP contribution in [0.15, 0.2) is 48.7 Å². The van der Waals surface area contributed by atoms with Crippen LogP contribution in [0.4, 0.5) is 5.69 Å². The van der Waals surface area contributed by atoms with E-state index in [0.29, 0.717) is 23.5 Å². The van der Waals surface area contributed by atoms with Crippen molar-refractivity contribution in [1.82, 2.24) is 9.97 Å². The first-order valence-electron chi connectivity index (χ1n) is 8.93. The Kier molecular flexibility index (Phi) is 6.33. The zero-order chi connectivity index (χ0) is 19.1. The summed E-state index contributed by atoms with van der Waals surface area (Å²) in [5, 5.41) is 2.89. The summed E-state index contributed by atoms with van der Waals surface area (Å²) in [4.78, 5) is 21.4. The number of fused-ring (bicyclic) bond motifs is 1. The highest BCUT2D eigenvalue weighted by Gasteiger charge is 2.13. The van der Waals surface area contributed by atoms with Crippen LogP contribution in [0.5, 0.6) is 5.75 Å². The molecule has 3 rings (SSSR count). The first-order valence-corrected chi connectivity index (χ1v) is 8.93. The molecule has 0 bridgehead atoms. The van der Waals surface area contributed by atoms with Gasteiger partial charge in [0.2, 0.25) is 0 Å². The molecule has 0 aliphatic rings. The molecule has 0 fully saturated rings. The van der Waals surface area contributed by atoms with Gasteiger partial charge in [-0.2, -0.15) is 0 Å². The van der Waals surface area contributed by atoms with Crippen molar-refractivity contribution >= 4 is 22.6 Å². The van der Waals surface area contributed by atoms with Crippen molar-refractivity contribution in [2.24, 2.45) is 0 Å². The molecule has 0 saturated heterocycles. The number of aromatic nitrogens is 2. The molecular formula is C21H23N3O3. The van der Waals surface area contributed by atoms with Crippen molar-refractivity contribution in [3.05, 3.63) is 59.9 Å². The third kappa shape index (κ3) is 5.01. The molecule has 0 radical (unpaired) electrons. The van der Waals surface area contributed by atoms with Gasteiger partial charge in [-0.05, 0) is 55.7 Å². The second-order valence-electron chi connectivity index (χ2n) is 6.23. The van der Waals surface area contributed by atoms with E-state index in [1.54, 1.807) is 19.4 Å². The molecule has 0 saturated carbocycles. The van der Waals surface area contributed by atoms with E-state index in [1.165, 1.54) is 0 Å². The molecule has 1 aromatic carbocycles. The molecule has 1 N–H and O–H groups in total. The summed E-state index contributed by atoms with van der Waals surface area (Å²) in [6.07, 6.45) is 3.58. The van der Waals surface area contributed by atoms with E-state index in [-0.39, 0.29) is 5.91 Å². The van der Waals surface area contributed by atoms with Gasteiger partial charge in [0.05, 0.1) is 17.6 Å². The number of nitrogens with one attached hydrogen (secondary N) is 1. The number of hydrogen-bond donors (Lipinski definition) is 1. The van der Waals surface area contributed by atoms with Crippen molar-refractivity contribution in [3.63, 3.8) is 0 Å². The standard InChI is InChI=1S/C21H23N3O3/c1-15-13-19-18(9-6-10-22-19)24-20(15)21(25)23-16-7-5-8-17(14-16)27-12-4-3-11-26-2/h5-10,13-14H,3-4,11-12H2,1-2H3,(H,23,25). The number of carbonyl (C=O) groups is 1. The second kappa shape index (κ2) is 9.09. The number of aryl methyl sites for hydroxylation is 1. The predicted octanol–water partition coefficient (Wildman–Crippen LogP) is 4.00.